The summed E-state index contributed by atoms with van der Waals surface area (Å²) in [7, 11) is 0. The maximum absolute atomic E-state index is 13.3. The van der Waals surface area contributed by atoms with Crippen molar-refractivity contribution >= 4 is 40.2 Å². The summed E-state index contributed by atoms with van der Waals surface area (Å²) < 4.78 is 1.54. The molecule has 34 heavy (non-hydrogen) atoms. The predicted molar refractivity (Wildman–Crippen MR) is 136 cm³/mol. The molecule has 0 bridgehead atoms. The number of aryl methyl sites for hydroxylation is 1. The third-order valence-corrected chi connectivity index (χ3v) is 6.05. The molecule has 0 unspecified atom stereocenters. The average molecular weight is 473 g/mol. The number of anilines is 1. The van der Waals surface area contributed by atoms with E-state index in [4.69, 9.17) is 0 Å². The van der Waals surface area contributed by atoms with E-state index in [9.17, 15) is 14.4 Å². The summed E-state index contributed by atoms with van der Waals surface area (Å²) >= 11 is 1.18. The summed E-state index contributed by atoms with van der Waals surface area (Å²) in [5.74, 6) is -0.423. The van der Waals surface area contributed by atoms with E-state index >= 15 is 0 Å². The Morgan fingerprint density at radius 1 is 1.00 bits per heavy atom. The first kappa shape index (κ1) is 23.3. The first-order valence-corrected chi connectivity index (χ1v) is 11.8. The van der Waals surface area contributed by atoms with Gasteiger partial charge in [0.15, 0.2) is 5.16 Å². The predicted octanol–water partition coefficient (Wildman–Crippen LogP) is 4.17. The van der Waals surface area contributed by atoms with Crippen molar-refractivity contribution in [3.63, 3.8) is 0 Å². The van der Waals surface area contributed by atoms with Gasteiger partial charge < -0.3 is 10.6 Å². The number of carbonyl (C=O) groups is 2. The van der Waals surface area contributed by atoms with Crippen molar-refractivity contribution in [2.45, 2.75) is 19.0 Å². The zero-order valence-electron chi connectivity index (χ0n) is 18.9. The Morgan fingerprint density at radius 3 is 2.53 bits per heavy atom. The highest BCUT2D eigenvalue weighted by molar-refractivity contribution is 7.99. The number of nitrogens with one attached hydrogen (secondary N) is 2. The Labute approximate surface area is 201 Å². The third-order valence-electron chi connectivity index (χ3n) is 5.12. The van der Waals surface area contributed by atoms with Crippen LogP contribution in [0.1, 0.15) is 22.8 Å². The van der Waals surface area contributed by atoms with Crippen LogP contribution in [-0.4, -0.2) is 33.7 Å². The highest BCUT2D eigenvalue weighted by Gasteiger charge is 2.15. The fourth-order valence-corrected chi connectivity index (χ4v) is 4.27. The van der Waals surface area contributed by atoms with Crippen molar-refractivity contribution < 1.29 is 9.59 Å². The maximum atomic E-state index is 13.3. The lowest BCUT2D eigenvalue weighted by Crippen LogP contribution is -2.23. The van der Waals surface area contributed by atoms with Gasteiger partial charge in [0.25, 0.3) is 11.5 Å². The Bertz CT molecular complexity index is 1410. The number of benzene rings is 3. The number of nitrogens with zero attached hydrogens (tertiary/aromatic N) is 2. The van der Waals surface area contributed by atoms with Gasteiger partial charge in [-0.15, -0.1) is 0 Å². The molecule has 0 radical (unpaired) electrons. The van der Waals surface area contributed by atoms with E-state index in [2.05, 4.69) is 15.6 Å². The molecule has 172 valence electrons. The van der Waals surface area contributed by atoms with Crippen LogP contribution in [0.4, 0.5) is 5.69 Å². The summed E-state index contributed by atoms with van der Waals surface area (Å²) in [6, 6.07) is 21.5. The number of hydrogen-bond acceptors (Lipinski definition) is 5. The Balaban J connectivity index is 1.58. The quantitative estimate of drug-likeness (QED) is 0.311. The second-order valence-electron chi connectivity index (χ2n) is 7.66. The summed E-state index contributed by atoms with van der Waals surface area (Å²) in [5, 5.41) is 6.49. The van der Waals surface area contributed by atoms with Gasteiger partial charge in [-0.3, -0.25) is 19.0 Å². The lowest BCUT2D eigenvalue weighted by Gasteiger charge is -2.13. The molecule has 0 atom stereocenters. The molecule has 2 amide bonds. The molecule has 0 aliphatic carbocycles. The molecular weight excluding hydrogens is 448 g/mol. The number of rotatable bonds is 7. The third kappa shape index (κ3) is 5.18. The molecule has 1 heterocycles. The molecule has 0 aliphatic heterocycles. The minimum Gasteiger partial charge on any atom is -0.352 e. The average Bonchev–Trinajstić information content (AvgIpc) is 2.84. The second kappa shape index (κ2) is 10.4. The molecule has 7 nitrogen and oxygen atoms in total. The standard InChI is InChI=1S/C26H24N4O3S/c1-3-27-24(32)18-7-6-8-19(15-18)28-23(31)16-34-26-29-22-10-5-4-9-21(22)25(33)30(26)20-13-11-17(2)12-14-20/h4-15H,3,16H2,1-2H3,(H,27,32)(H,28,31). The summed E-state index contributed by atoms with van der Waals surface area (Å²) in [5.41, 5.74) is 3.15. The van der Waals surface area contributed by atoms with E-state index in [0.29, 0.717) is 39.5 Å². The maximum Gasteiger partial charge on any atom is 0.266 e. The number of amides is 2. The van der Waals surface area contributed by atoms with Gasteiger partial charge in [0.1, 0.15) is 0 Å². The number of aromatic nitrogens is 2. The molecule has 8 heteroatoms. The largest absolute Gasteiger partial charge is 0.352 e. The van der Waals surface area contributed by atoms with Crippen LogP contribution in [0.5, 0.6) is 0 Å². The normalized spacial score (nSPS) is 10.8. The van der Waals surface area contributed by atoms with Crippen molar-refractivity contribution in [1.82, 2.24) is 14.9 Å². The summed E-state index contributed by atoms with van der Waals surface area (Å²) in [6.45, 7) is 4.34. The van der Waals surface area contributed by atoms with Crippen LogP contribution in [0.15, 0.2) is 82.7 Å². The molecule has 0 aliphatic rings. The van der Waals surface area contributed by atoms with Crippen molar-refractivity contribution in [1.29, 1.82) is 0 Å². The van der Waals surface area contributed by atoms with Gasteiger partial charge in [-0.1, -0.05) is 47.7 Å². The Kier molecular flexibility index (Phi) is 7.08. The first-order chi connectivity index (χ1) is 16.5. The van der Waals surface area contributed by atoms with E-state index in [1.54, 1.807) is 42.5 Å². The highest BCUT2D eigenvalue weighted by atomic mass is 32.2. The van der Waals surface area contributed by atoms with Crippen molar-refractivity contribution in [3.05, 3.63) is 94.3 Å². The van der Waals surface area contributed by atoms with Crippen LogP contribution in [-0.2, 0) is 4.79 Å². The van der Waals surface area contributed by atoms with E-state index in [1.807, 2.05) is 44.2 Å². The molecule has 1 aromatic heterocycles. The van der Waals surface area contributed by atoms with E-state index in [1.165, 1.54) is 16.3 Å². The molecule has 4 rings (SSSR count). The van der Waals surface area contributed by atoms with Gasteiger partial charge in [0.05, 0.1) is 22.3 Å². The molecule has 0 fully saturated rings. The minimum atomic E-state index is -0.268. The zero-order chi connectivity index (χ0) is 24.1. The van der Waals surface area contributed by atoms with Crippen molar-refractivity contribution in [2.24, 2.45) is 0 Å². The highest BCUT2D eigenvalue weighted by Crippen LogP contribution is 2.22. The monoisotopic (exact) mass is 472 g/mol. The lowest BCUT2D eigenvalue weighted by atomic mass is 10.2. The van der Waals surface area contributed by atoms with Crippen molar-refractivity contribution in [2.75, 3.05) is 17.6 Å². The first-order valence-electron chi connectivity index (χ1n) is 10.9. The Hall–Kier alpha value is -3.91. The SMILES string of the molecule is CCNC(=O)c1cccc(NC(=O)CSc2nc3ccccc3c(=O)n2-c2ccc(C)cc2)c1. The summed E-state index contributed by atoms with van der Waals surface area (Å²) in [6.07, 6.45) is 0. The number of carbonyl (C=O) groups excluding carboxylic acids is 2. The smallest absolute Gasteiger partial charge is 0.266 e. The summed E-state index contributed by atoms with van der Waals surface area (Å²) in [4.78, 5) is 42.7. The number of thioether (sulfide) groups is 1. The zero-order valence-corrected chi connectivity index (χ0v) is 19.7. The van der Waals surface area contributed by atoms with E-state index in [0.717, 1.165) is 5.56 Å². The number of fused-ring (bicyclic) bond motifs is 1. The molecule has 4 aromatic rings. The number of hydrogen-bond donors (Lipinski definition) is 2. The van der Waals surface area contributed by atoms with Gasteiger partial charge in [0.2, 0.25) is 5.91 Å². The van der Waals surface area contributed by atoms with Gasteiger partial charge in [-0.05, 0) is 56.3 Å². The fourth-order valence-electron chi connectivity index (χ4n) is 3.46. The topological polar surface area (TPSA) is 93.1 Å². The molecule has 0 spiro atoms. The molecule has 3 aromatic carbocycles. The van der Waals surface area contributed by atoms with E-state index in [-0.39, 0.29) is 23.1 Å². The molecular formula is C26H24N4O3S. The molecule has 0 saturated carbocycles. The lowest BCUT2D eigenvalue weighted by molar-refractivity contribution is -0.113. The van der Waals surface area contributed by atoms with Crippen LogP contribution in [0.2, 0.25) is 0 Å². The Morgan fingerprint density at radius 2 is 1.76 bits per heavy atom. The van der Waals surface area contributed by atoms with E-state index < -0.39 is 0 Å². The van der Waals surface area contributed by atoms with Gasteiger partial charge >= 0.3 is 0 Å². The minimum absolute atomic E-state index is 0.0437. The van der Waals surface area contributed by atoms with Crippen LogP contribution < -0.4 is 16.2 Å². The number of para-hydroxylation sites is 1. The molecule has 0 saturated heterocycles. The van der Waals surface area contributed by atoms with Crippen LogP contribution in [0.25, 0.3) is 16.6 Å². The molecule has 2 N–H and O–H groups in total. The van der Waals surface area contributed by atoms with Crippen LogP contribution >= 0.6 is 11.8 Å². The second-order valence-corrected chi connectivity index (χ2v) is 8.61. The van der Waals surface area contributed by atoms with Gasteiger partial charge in [0, 0.05) is 17.8 Å². The fraction of sp³-hybridized carbons (Fsp3) is 0.154. The van der Waals surface area contributed by atoms with Crippen molar-refractivity contribution in [3.8, 4) is 5.69 Å². The van der Waals surface area contributed by atoms with Crippen LogP contribution in [0, 0.1) is 6.92 Å². The van der Waals surface area contributed by atoms with Gasteiger partial charge in [-0.25, -0.2) is 4.98 Å². The van der Waals surface area contributed by atoms with Crippen LogP contribution in [0.3, 0.4) is 0 Å². The van der Waals surface area contributed by atoms with Gasteiger partial charge in [-0.2, -0.15) is 0 Å².